The summed E-state index contributed by atoms with van der Waals surface area (Å²) in [5.41, 5.74) is 1.50. The third-order valence-corrected chi connectivity index (χ3v) is 5.52. The zero-order valence-electron chi connectivity index (χ0n) is 13.3. The Balaban J connectivity index is 1.86. The molecule has 3 heteroatoms. The van der Waals surface area contributed by atoms with Crippen molar-refractivity contribution >= 4 is 11.6 Å². The first-order valence-corrected chi connectivity index (χ1v) is 8.49. The van der Waals surface area contributed by atoms with Crippen LogP contribution >= 0.6 is 11.6 Å². The summed E-state index contributed by atoms with van der Waals surface area (Å²) in [7, 11) is 1.76. The van der Waals surface area contributed by atoms with Crippen LogP contribution in [0, 0.1) is 11.8 Å². The molecule has 2 nitrogen and oxygen atoms in total. The van der Waals surface area contributed by atoms with Gasteiger partial charge in [0.2, 0.25) is 0 Å². The molecule has 0 heterocycles. The molecule has 21 heavy (non-hydrogen) atoms. The van der Waals surface area contributed by atoms with Gasteiger partial charge in [-0.05, 0) is 55.7 Å². The molecule has 1 aromatic rings. The SMILES string of the molecule is COc1ccc(Cl)cc1C1(CNC2CC2)CC(C(C)C)C1. The number of halogens is 1. The third kappa shape index (κ3) is 3.07. The summed E-state index contributed by atoms with van der Waals surface area (Å²) in [6.07, 6.45) is 5.13. The number of benzene rings is 1. The van der Waals surface area contributed by atoms with Crippen LogP contribution in [-0.4, -0.2) is 19.7 Å². The van der Waals surface area contributed by atoms with Crippen molar-refractivity contribution in [3.8, 4) is 5.75 Å². The van der Waals surface area contributed by atoms with Gasteiger partial charge in [-0.1, -0.05) is 25.4 Å². The minimum Gasteiger partial charge on any atom is -0.496 e. The van der Waals surface area contributed by atoms with Crippen molar-refractivity contribution in [2.45, 2.75) is 51.0 Å². The largest absolute Gasteiger partial charge is 0.496 e. The van der Waals surface area contributed by atoms with Gasteiger partial charge in [-0.2, -0.15) is 0 Å². The first-order valence-electron chi connectivity index (χ1n) is 8.11. The molecular weight excluding hydrogens is 282 g/mol. The average Bonchev–Trinajstić information content (AvgIpc) is 3.21. The van der Waals surface area contributed by atoms with E-state index in [4.69, 9.17) is 16.3 Å². The number of hydrogen-bond donors (Lipinski definition) is 1. The Morgan fingerprint density at radius 3 is 2.62 bits per heavy atom. The van der Waals surface area contributed by atoms with Gasteiger partial charge < -0.3 is 10.1 Å². The predicted octanol–water partition coefficient (Wildman–Crippen LogP) is 4.40. The zero-order valence-corrected chi connectivity index (χ0v) is 14.0. The number of ether oxygens (including phenoxy) is 1. The molecule has 3 rings (SSSR count). The molecular formula is C18H26ClNO. The highest BCUT2D eigenvalue weighted by Gasteiger charge is 2.48. The molecule has 1 aromatic carbocycles. The van der Waals surface area contributed by atoms with Gasteiger partial charge in [-0.15, -0.1) is 0 Å². The fourth-order valence-electron chi connectivity index (χ4n) is 3.60. The predicted molar refractivity (Wildman–Crippen MR) is 88.3 cm³/mol. The van der Waals surface area contributed by atoms with E-state index in [0.717, 1.165) is 35.2 Å². The lowest BCUT2D eigenvalue weighted by Crippen LogP contribution is -2.50. The summed E-state index contributed by atoms with van der Waals surface area (Å²) in [6.45, 7) is 5.72. The summed E-state index contributed by atoms with van der Waals surface area (Å²) in [6, 6.07) is 6.79. The summed E-state index contributed by atoms with van der Waals surface area (Å²) in [4.78, 5) is 0. The second-order valence-electron chi connectivity index (χ2n) is 7.19. The molecule has 0 spiro atoms. The lowest BCUT2D eigenvalue weighted by atomic mass is 9.55. The molecule has 2 aliphatic rings. The number of rotatable bonds is 6. The van der Waals surface area contributed by atoms with Crippen molar-refractivity contribution in [2.75, 3.05) is 13.7 Å². The highest BCUT2D eigenvalue weighted by Crippen LogP contribution is 2.53. The maximum absolute atomic E-state index is 6.26. The number of nitrogens with one attached hydrogen (secondary N) is 1. The Kier molecular flexibility index (Phi) is 4.20. The van der Waals surface area contributed by atoms with Gasteiger partial charge in [0.25, 0.3) is 0 Å². The smallest absolute Gasteiger partial charge is 0.122 e. The maximum atomic E-state index is 6.26. The van der Waals surface area contributed by atoms with Crippen molar-refractivity contribution in [1.82, 2.24) is 5.32 Å². The molecule has 1 N–H and O–H groups in total. The Labute approximate surface area is 133 Å². The van der Waals surface area contributed by atoms with Crippen LogP contribution < -0.4 is 10.1 Å². The second kappa shape index (κ2) is 5.81. The number of hydrogen-bond acceptors (Lipinski definition) is 2. The molecule has 2 saturated carbocycles. The van der Waals surface area contributed by atoms with E-state index in [1.807, 2.05) is 12.1 Å². The van der Waals surface area contributed by atoms with E-state index >= 15 is 0 Å². The van der Waals surface area contributed by atoms with E-state index in [1.54, 1.807) is 7.11 Å². The fraction of sp³-hybridized carbons (Fsp3) is 0.667. The van der Waals surface area contributed by atoms with Crippen molar-refractivity contribution < 1.29 is 4.74 Å². The van der Waals surface area contributed by atoms with E-state index in [2.05, 4.69) is 25.2 Å². The normalized spacial score (nSPS) is 28.5. The molecule has 0 aliphatic heterocycles. The third-order valence-electron chi connectivity index (χ3n) is 5.29. The molecule has 2 aliphatic carbocycles. The van der Waals surface area contributed by atoms with Crippen LogP contribution in [0.25, 0.3) is 0 Å². The summed E-state index contributed by atoms with van der Waals surface area (Å²) >= 11 is 6.26. The van der Waals surface area contributed by atoms with Crippen molar-refractivity contribution in [3.05, 3.63) is 28.8 Å². The van der Waals surface area contributed by atoms with E-state index in [-0.39, 0.29) is 5.41 Å². The van der Waals surface area contributed by atoms with Crippen LogP contribution in [0.3, 0.4) is 0 Å². The Morgan fingerprint density at radius 1 is 1.33 bits per heavy atom. The van der Waals surface area contributed by atoms with Gasteiger partial charge in [0.15, 0.2) is 0 Å². The van der Waals surface area contributed by atoms with Crippen LogP contribution in [0.2, 0.25) is 5.02 Å². The fourth-order valence-corrected chi connectivity index (χ4v) is 3.77. The van der Waals surface area contributed by atoms with E-state index in [1.165, 1.54) is 31.2 Å². The standard InChI is InChI=1S/C18H26ClNO/c1-12(2)13-9-18(10-13,11-20-15-5-6-15)16-8-14(19)4-7-17(16)21-3/h4,7-8,12-13,15,20H,5-6,9-11H2,1-3H3. The molecule has 0 radical (unpaired) electrons. The molecule has 2 fully saturated rings. The molecule has 0 atom stereocenters. The van der Waals surface area contributed by atoms with Crippen LogP contribution in [-0.2, 0) is 5.41 Å². The van der Waals surface area contributed by atoms with Gasteiger partial charge >= 0.3 is 0 Å². The molecule has 0 aromatic heterocycles. The Hall–Kier alpha value is -0.730. The maximum Gasteiger partial charge on any atom is 0.122 e. The first kappa shape index (κ1) is 15.2. The minimum absolute atomic E-state index is 0.202. The van der Waals surface area contributed by atoms with Crippen molar-refractivity contribution in [2.24, 2.45) is 11.8 Å². The van der Waals surface area contributed by atoms with Crippen molar-refractivity contribution in [1.29, 1.82) is 0 Å². The highest BCUT2D eigenvalue weighted by molar-refractivity contribution is 6.30. The minimum atomic E-state index is 0.202. The lowest BCUT2D eigenvalue weighted by Gasteiger charge is -2.50. The Bertz CT molecular complexity index is 498. The average molecular weight is 308 g/mol. The van der Waals surface area contributed by atoms with Gasteiger partial charge in [-0.3, -0.25) is 0 Å². The molecule has 0 amide bonds. The molecule has 116 valence electrons. The highest BCUT2D eigenvalue weighted by atomic mass is 35.5. The van der Waals surface area contributed by atoms with E-state index in [9.17, 15) is 0 Å². The first-order chi connectivity index (χ1) is 10.0. The van der Waals surface area contributed by atoms with Crippen molar-refractivity contribution in [3.63, 3.8) is 0 Å². The molecule has 0 bridgehead atoms. The summed E-state index contributed by atoms with van der Waals surface area (Å²) in [5.74, 6) is 2.55. The summed E-state index contributed by atoms with van der Waals surface area (Å²) < 4.78 is 5.61. The van der Waals surface area contributed by atoms with Crippen LogP contribution in [0.1, 0.15) is 45.1 Å². The van der Waals surface area contributed by atoms with Gasteiger partial charge in [0, 0.05) is 28.6 Å². The zero-order chi connectivity index (χ0) is 15.0. The van der Waals surface area contributed by atoms with Gasteiger partial charge in [0.05, 0.1) is 7.11 Å². The summed E-state index contributed by atoms with van der Waals surface area (Å²) in [5, 5.41) is 4.54. The van der Waals surface area contributed by atoms with Crippen LogP contribution in [0.5, 0.6) is 5.75 Å². The van der Waals surface area contributed by atoms with E-state index in [0.29, 0.717) is 0 Å². The molecule has 0 saturated heterocycles. The van der Waals surface area contributed by atoms with Gasteiger partial charge in [-0.25, -0.2) is 0 Å². The quantitative estimate of drug-likeness (QED) is 0.841. The number of methoxy groups -OCH3 is 1. The van der Waals surface area contributed by atoms with E-state index < -0.39 is 0 Å². The Morgan fingerprint density at radius 2 is 2.05 bits per heavy atom. The second-order valence-corrected chi connectivity index (χ2v) is 7.63. The molecule has 0 unspecified atom stereocenters. The van der Waals surface area contributed by atoms with Gasteiger partial charge in [0.1, 0.15) is 5.75 Å². The monoisotopic (exact) mass is 307 g/mol. The topological polar surface area (TPSA) is 21.3 Å². The van der Waals surface area contributed by atoms with Crippen LogP contribution in [0.4, 0.5) is 0 Å². The lowest BCUT2D eigenvalue weighted by molar-refractivity contribution is 0.0949. The van der Waals surface area contributed by atoms with Crippen LogP contribution in [0.15, 0.2) is 18.2 Å².